The molecule has 3 atom stereocenters. The molecule has 3 fully saturated rings. The third kappa shape index (κ3) is 3.33. The summed E-state index contributed by atoms with van der Waals surface area (Å²) in [6, 6.07) is 0.641. The van der Waals surface area contributed by atoms with Crippen molar-refractivity contribution in [3.05, 3.63) is 0 Å². The molecule has 1 N–H and O–H groups in total. The van der Waals surface area contributed by atoms with Gasteiger partial charge >= 0.3 is 6.03 Å². The maximum absolute atomic E-state index is 11.7. The van der Waals surface area contributed by atoms with Gasteiger partial charge in [0.25, 0.3) is 0 Å². The normalized spacial score (nSPS) is 33.9. The van der Waals surface area contributed by atoms with E-state index < -0.39 is 0 Å². The summed E-state index contributed by atoms with van der Waals surface area (Å²) in [5, 5.41) is 3.00. The zero-order valence-corrected chi connectivity index (χ0v) is 13.1. The largest absolute Gasteiger partial charge is 0.381 e. The van der Waals surface area contributed by atoms with E-state index in [0.717, 1.165) is 52.3 Å². The first-order chi connectivity index (χ1) is 10.1. The van der Waals surface area contributed by atoms with Gasteiger partial charge in [0, 0.05) is 64.8 Å². The lowest BCUT2D eigenvalue weighted by molar-refractivity contribution is 0.0284. The molecule has 0 unspecified atom stereocenters. The molecule has 0 spiro atoms. The molecule has 0 aromatic heterocycles. The summed E-state index contributed by atoms with van der Waals surface area (Å²) >= 11 is 0. The zero-order chi connectivity index (χ0) is 14.8. The van der Waals surface area contributed by atoms with Crippen molar-refractivity contribution in [2.75, 3.05) is 53.6 Å². The maximum Gasteiger partial charge on any atom is 0.316 e. The summed E-state index contributed by atoms with van der Waals surface area (Å²) in [5.41, 5.74) is 0. The van der Waals surface area contributed by atoms with Crippen LogP contribution in [0.25, 0.3) is 0 Å². The van der Waals surface area contributed by atoms with E-state index in [9.17, 15) is 4.79 Å². The Balaban J connectivity index is 1.50. The van der Waals surface area contributed by atoms with E-state index in [-0.39, 0.29) is 6.03 Å². The maximum atomic E-state index is 11.7. The van der Waals surface area contributed by atoms with Crippen molar-refractivity contribution >= 4 is 6.03 Å². The van der Waals surface area contributed by atoms with Crippen molar-refractivity contribution in [1.82, 2.24) is 15.1 Å². The van der Waals surface area contributed by atoms with Crippen molar-refractivity contribution < 1.29 is 14.3 Å². The molecule has 3 rings (SSSR count). The molecule has 0 radical (unpaired) electrons. The molecule has 0 saturated carbocycles. The Morgan fingerprint density at radius 2 is 2.05 bits per heavy atom. The van der Waals surface area contributed by atoms with E-state index in [0.29, 0.717) is 24.0 Å². The minimum Gasteiger partial charge on any atom is -0.381 e. The third-order valence-corrected chi connectivity index (χ3v) is 5.10. The molecule has 21 heavy (non-hydrogen) atoms. The molecular weight excluding hydrogens is 270 g/mol. The Morgan fingerprint density at radius 1 is 1.29 bits per heavy atom. The van der Waals surface area contributed by atoms with Gasteiger partial charge in [-0.1, -0.05) is 0 Å². The topological polar surface area (TPSA) is 54.0 Å². The Bertz CT molecular complexity index is 371. The molecule has 3 aliphatic heterocycles. The number of ether oxygens (including phenoxy) is 2. The molecular formula is C15H27N3O3. The Hall–Kier alpha value is -0.850. The molecule has 0 aliphatic carbocycles. The van der Waals surface area contributed by atoms with Crippen LogP contribution in [0.1, 0.15) is 12.8 Å². The molecule has 6 heteroatoms. The predicted molar refractivity (Wildman–Crippen MR) is 79.2 cm³/mol. The van der Waals surface area contributed by atoms with Crippen LogP contribution in [-0.2, 0) is 9.47 Å². The van der Waals surface area contributed by atoms with Gasteiger partial charge < -0.3 is 19.7 Å². The number of rotatable bonds is 3. The quantitative estimate of drug-likeness (QED) is 0.818. The number of nitrogens with one attached hydrogen (secondary N) is 1. The smallest absolute Gasteiger partial charge is 0.316 e. The third-order valence-electron chi connectivity index (χ3n) is 5.10. The second-order valence-electron chi connectivity index (χ2n) is 6.67. The highest BCUT2D eigenvalue weighted by molar-refractivity contribution is 5.73. The minimum absolute atomic E-state index is 0.0160. The Morgan fingerprint density at radius 3 is 2.76 bits per heavy atom. The van der Waals surface area contributed by atoms with E-state index in [2.05, 4.69) is 10.2 Å². The van der Waals surface area contributed by atoms with Crippen LogP contribution in [-0.4, -0.2) is 81.5 Å². The molecule has 3 aliphatic rings. The first-order valence-corrected chi connectivity index (χ1v) is 8.03. The molecule has 0 bridgehead atoms. The average molecular weight is 297 g/mol. The van der Waals surface area contributed by atoms with Crippen molar-refractivity contribution in [2.24, 2.45) is 11.8 Å². The molecule has 0 aromatic rings. The fourth-order valence-corrected chi connectivity index (χ4v) is 3.76. The standard InChI is InChI=1S/C15H27N3O3/c1-17(2)15(19)16-7-11-10-21-14-9-18(8-13(11)14)12-3-5-20-6-4-12/h11-14H,3-10H2,1-2H3,(H,16,19)/t11-,13+,14+/m1/s1. The highest BCUT2D eigenvalue weighted by Crippen LogP contribution is 2.35. The van der Waals surface area contributed by atoms with E-state index in [1.165, 1.54) is 0 Å². The Kier molecular flexibility index (Phi) is 4.66. The van der Waals surface area contributed by atoms with E-state index in [4.69, 9.17) is 9.47 Å². The van der Waals surface area contributed by atoms with Crippen LogP contribution in [0.4, 0.5) is 4.79 Å². The number of likely N-dealkylation sites (tertiary alicyclic amines) is 1. The minimum atomic E-state index is -0.0160. The summed E-state index contributed by atoms with van der Waals surface area (Å²) in [5.74, 6) is 1.01. The molecule has 0 aromatic carbocycles. The van der Waals surface area contributed by atoms with Crippen LogP contribution in [0, 0.1) is 11.8 Å². The number of amides is 2. The van der Waals surface area contributed by atoms with Crippen molar-refractivity contribution in [3.8, 4) is 0 Å². The first kappa shape index (κ1) is 15.1. The lowest BCUT2D eigenvalue weighted by Crippen LogP contribution is -2.41. The molecule has 120 valence electrons. The molecule has 3 saturated heterocycles. The first-order valence-electron chi connectivity index (χ1n) is 8.03. The van der Waals surface area contributed by atoms with Crippen LogP contribution < -0.4 is 5.32 Å². The fourth-order valence-electron chi connectivity index (χ4n) is 3.76. The van der Waals surface area contributed by atoms with Gasteiger partial charge in [-0.25, -0.2) is 4.79 Å². The van der Waals surface area contributed by atoms with Crippen LogP contribution in [0.3, 0.4) is 0 Å². The number of nitrogens with zero attached hydrogens (tertiary/aromatic N) is 2. The van der Waals surface area contributed by atoms with E-state index >= 15 is 0 Å². The van der Waals surface area contributed by atoms with Crippen molar-refractivity contribution in [3.63, 3.8) is 0 Å². The Labute approximate surface area is 126 Å². The second-order valence-corrected chi connectivity index (χ2v) is 6.67. The van der Waals surface area contributed by atoms with Gasteiger partial charge in [-0.05, 0) is 12.8 Å². The molecule has 6 nitrogen and oxygen atoms in total. The van der Waals surface area contributed by atoms with Gasteiger partial charge in [0.15, 0.2) is 0 Å². The van der Waals surface area contributed by atoms with Gasteiger partial charge in [-0.2, -0.15) is 0 Å². The van der Waals surface area contributed by atoms with Crippen LogP contribution in [0.15, 0.2) is 0 Å². The molecule has 2 amide bonds. The lowest BCUT2D eigenvalue weighted by Gasteiger charge is -2.31. The number of hydrogen-bond donors (Lipinski definition) is 1. The lowest BCUT2D eigenvalue weighted by atomic mass is 9.93. The highest BCUT2D eigenvalue weighted by atomic mass is 16.5. The van der Waals surface area contributed by atoms with Gasteiger partial charge in [-0.3, -0.25) is 4.90 Å². The van der Waals surface area contributed by atoms with Crippen molar-refractivity contribution in [1.29, 1.82) is 0 Å². The van der Waals surface area contributed by atoms with Gasteiger partial charge in [-0.15, -0.1) is 0 Å². The van der Waals surface area contributed by atoms with Gasteiger partial charge in [0.1, 0.15) is 0 Å². The number of carbonyl (C=O) groups is 1. The van der Waals surface area contributed by atoms with E-state index in [1.54, 1.807) is 19.0 Å². The number of hydrogen-bond acceptors (Lipinski definition) is 4. The van der Waals surface area contributed by atoms with Crippen molar-refractivity contribution in [2.45, 2.75) is 25.0 Å². The van der Waals surface area contributed by atoms with Crippen LogP contribution >= 0.6 is 0 Å². The summed E-state index contributed by atoms with van der Waals surface area (Å²) in [4.78, 5) is 15.8. The second kappa shape index (κ2) is 6.50. The van der Waals surface area contributed by atoms with E-state index in [1.807, 2.05) is 0 Å². The predicted octanol–water partition coefficient (Wildman–Crippen LogP) is 0.383. The fraction of sp³-hybridized carbons (Fsp3) is 0.933. The number of fused-ring (bicyclic) bond motifs is 1. The monoisotopic (exact) mass is 297 g/mol. The van der Waals surface area contributed by atoms with Gasteiger partial charge in [0.2, 0.25) is 0 Å². The van der Waals surface area contributed by atoms with Crippen LogP contribution in [0.2, 0.25) is 0 Å². The summed E-state index contributed by atoms with van der Waals surface area (Å²) < 4.78 is 11.4. The highest BCUT2D eigenvalue weighted by Gasteiger charge is 2.45. The molecule has 3 heterocycles. The number of carbonyl (C=O) groups excluding carboxylic acids is 1. The summed E-state index contributed by atoms with van der Waals surface area (Å²) in [6.07, 6.45) is 2.64. The summed E-state index contributed by atoms with van der Waals surface area (Å²) in [6.45, 7) is 5.44. The summed E-state index contributed by atoms with van der Waals surface area (Å²) in [7, 11) is 3.54. The SMILES string of the molecule is CN(C)C(=O)NC[C@@H]1CO[C@H]2CN(C3CCOCC3)C[C@@H]12. The average Bonchev–Trinajstić information content (AvgIpc) is 3.06. The van der Waals surface area contributed by atoms with Gasteiger partial charge in [0.05, 0.1) is 12.7 Å². The zero-order valence-electron chi connectivity index (χ0n) is 13.1. The number of urea groups is 1. The van der Waals surface area contributed by atoms with Crippen LogP contribution in [0.5, 0.6) is 0 Å².